The van der Waals surface area contributed by atoms with Crippen LogP contribution in [0.2, 0.25) is 0 Å². The maximum Gasteiger partial charge on any atom is 2.00 e. The number of hydrogen-bond acceptors (Lipinski definition) is 2. The van der Waals surface area contributed by atoms with E-state index in [1.54, 1.807) is 0 Å². The molecule has 9 heteroatoms. The molecule has 0 aliphatic carbocycles. The normalized spacial score (nSPS) is 12.1. The van der Waals surface area contributed by atoms with Crippen molar-refractivity contribution in [1.82, 2.24) is 32.5 Å². The first kappa shape index (κ1) is 41.4. The van der Waals surface area contributed by atoms with Crippen molar-refractivity contribution in [2.24, 2.45) is 0 Å². The van der Waals surface area contributed by atoms with Gasteiger partial charge in [0, 0.05) is 5.52 Å². The summed E-state index contributed by atoms with van der Waals surface area (Å²) in [7, 11) is -2.87. The summed E-state index contributed by atoms with van der Waals surface area (Å²) >= 11 is 0. The Morgan fingerprint density at radius 3 is 1.27 bits per heavy atom. The number of nitrogens with zero attached hydrogens (tertiary/aromatic N) is 7. The van der Waals surface area contributed by atoms with Crippen molar-refractivity contribution in [3.05, 3.63) is 249 Å². The minimum atomic E-state index is -2.87. The molecule has 0 spiro atoms. The number of hydrogen-bond donors (Lipinski definition) is 0. The van der Waals surface area contributed by atoms with E-state index in [9.17, 15) is 0 Å². The minimum Gasteiger partial charge on any atom is -0.358 e. The second-order valence-corrected chi connectivity index (χ2v) is 21.9. The molecule has 71 heavy (non-hydrogen) atoms. The van der Waals surface area contributed by atoms with Gasteiger partial charge < -0.3 is 13.7 Å². The summed E-state index contributed by atoms with van der Waals surface area (Å²) in [6.07, 6.45) is 0. The monoisotopic (exact) mass is 1100 g/mol. The summed E-state index contributed by atoms with van der Waals surface area (Å²) in [4.78, 5) is 10.5. The van der Waals surface area contributed by atoms with Gasteiger partial charge in [-0.1, -0.05) is 174 Å². The fourth-order valence-corrected chi connectivity index (χ4v) is 16.3. The van der Waals surface area contributed by atoms with E-state index in [2.05, 4.69) is 271 Å². The summed E-state index contributed by atoms with van der Waals surface area (Å²) in [6, 6.07) is 93.4. The van der Waals surface area contributed by atoms with Gasteiger partial charge in [0.25, 0.3) is 0 Å². The Hall–Kier alpha value is -8.55. The number of rotatable bonds is 7. The van der Waals surface area contributed by atoms with Crippen molar-refractivity contribution in [2.75, 3.05) is 0 Å². The largest absolute Gasteiger partial charge is 2.00 e. The fraction of sp³-hybridized carbons (Fsp3) is 0. The quantitative estimate of drug-likeness (QED) is 0.0907. The van der Waals surface area contributed by atoms with Crippen molar-refractivity contribution in [3.8, 4) is 17.1 Å². The van der Waals surface area contributed by atoms with Crippen LogP contribution in [0.4, 0.5) is 0 Å². The van der Waals surface area contributed by atoms with Gasteiger partial charge in [-0.15, -0.1) is 35.7 Å². The van der Waals surface area contributed by atoms with Gasteiger partial charge in [0.05, 0.1) is 44.1 Å². The first-order valence-corrected chi connectivity index (χ1v) is 25.7. The maximum absolute atomic E-state index is 5.25. The molecule has 10 aromatic carbocycles. The Morgan fingerprint density at radius 1 is 0.310 bits per heavy atom. The SMILES string of the molecule is [Pt+2].[c-]1c(-n2c3[c-]c(-n4c5ccccc5n5c6ccccc6nc45)ccc3c3cc([Si](c4ccccc4)(c4ccccc4)c4ccccc4)ccc32)cccc1-n1c2ccccc2n2c3ccccc3nc12. The zero-order valence-corrected chi connectivity index (χ0v) is 41.2. The molecule has 5 aromatic heterocycles. The van der Waals surface area contributed by atoms with E-state index in [4.69, 9.17) is 9.97 Å². The van der Waals surface area contributed by atoms with Crippen LogP contribution in [-0.4, -0.2) is 40.5 Å². The van der Waals surface area contributed by atoms with Crippen molar-refractivity contribution >= 4 is 106 Å². The Labute approximate surface area is 423 Å². The third-order valence-corrected chi connectivity index (χ3v) is 19.2. The van der Waals surface area contributed by atoms with Crippen LogP contribution >= 0.6 is 0 Å². The fourth-order valence-electron chi connectivity index (χ4n) is 11.5. The van der Waals surface area contributed by atoms with Crippen molar-refractivity contribution in [1.29, 1.82) is 0 Å². The molecule has 0 atom stereocenters. The number of fused-ring (bicyclic) bond motifs is 13. The molecule has 0 aliphatic rings. The summed E-state index contributed by atoms with van der Waals surface area (Å²) < 4.78 is 11.4. The van der Waals surface area contributed by atoms with Gasteiger partial charge in [-0.3, -0.25) is 8.80 Å². The van der Waals surface area contributed by atoms with Crippen LogP contribution < -0.4 is 20.7 Å². The van der Waals surface area contributed by atoms with Crippen molar-refractivity contribution < 1.29 is 21.1 Å². The molecule has 5 heterocycles. The molecule has 7 nitrogen and oxygen atoms in total. The molecule has 0 fully saturated rings. The van der Waals surface area contributed by atoms with Gasteiger partial charge in [-0.2, -0.15) is 12.1 Å². The molecule has 0 saturated heterocycles. The zero-order chi connectivity index (χ0) is 45.9. The van der Waals surface area contributed by atoms with Gasteiger partial charge >= 0.3 is 21.1 Å². The summed E-state index contributed by atoms with van der Waals surface area (Å²) in [6.45, 7) is 0. The third-order valence-electron chi connectivity index (χ3n) is 14.4. The molecule has 0 aliphatic heterocycles. The molecule has 0 saturated carbocycles. The Kier molecular flexibility index (Phi) is 9.34. The van der Waals surface area contributed by atoms with Gasteiger partial charge in [0.1, 0.15) is 0 Å². The molecule has 15 rings (SSSR count). The van der Waals surface area contributed by atoms with Crippen LogP contribution in [0.25, 0.3) is 94.6 Å². The second-order valence-electron chi connectivity index (χ2n) is 18.1. The van der Waals surface area contributed by atoms with Crippen LogP contribution in [0.3, 0.4) is 0 Å². The summed E-state index contributed by atoms with van der Waals surface area (Å²) in [5, 5.41) is 7.55. The zero-order valence-electron chi connectivity index (χ0n) is 38.0. The van der Waals surface area contributed by atoms with E-state index >= 15 is 0 Å². The standard InChI is InChI=1S/C62H39N7Si.Pt/c1-4-21-45(22-5-1)70(46-23-6-2-7-24-46,47-25-8-3-9-26-47)48-36-38-53-50(41-48)49-37-35-44(67-57-32-15-17-34-59(57)69-55-30-13-11-28-52(55)64-62(67)69)40-60(49)65(53)42-19-18-20-43(39-42)66-56-31-14-16-33-58(56)68-54-29-12-10-27-51(54)63-61(66)68;/h1-38,41H;/q-2;+2. The number of para-hydroxylation sites is 8. The average Bonchev–Trinajstić information content (AvgIpc) is 4.23. The molecular formula is C62H39N7PtSi. The molecule has 15 aromatic rings. The predicted octanol–water partition coefficient (Wildman–Crippen LogP) is 11.2. The third kappa shape index (κ3) is 5.92. The van der Waals surface area contributed by atoms with Gasteiger partial charge in [-0.05, 0) is 80.7 Å². The van der Waals surface area contributed by atoms with Gasteiger partial charge in [0.15, 0.2) is 8.07 Å². The van der Waals surface area contributed by atoms with Crippen LogP contribution in [0.5, 0.6) is 0 Å². The van der Waals surface area contributed by atoms with Crippen LogP contribution in [0.15, 0.2) is 237 Å². The number of imidazole rings is 4. The van der Waals surface area contributed by atoms with E-state index in [1.807, 2.05) is 0 Å². The minimum absolute atomic E-state index is 0. The molecule has 0 bridgehead atoms. The van der Waals surface area contributed by atoms with E-state index < -0.39 is 8.07 Å². The van der Waals surface area contributed by atoms with Crippen molar-refractivity contribution in [3.63, 3.8) is 0 Å². The molecule has 0 amide bonds. The molecular weight excluding hydrogens is 1070 g/mol. The number of aromatic nitrogens is 7. The Morgan fingerprint density at radius 2 is 0.746 bits per heavy atom. The summed E-state index contributed by atoms with van der Waals surface area (Å²) in [5.74, 6) is 1.69. The van der Waals surface area contributed by atoms with E-state index in [-0.39, 0.29) is 21.1 Å². The van der Waals surface area contributed by atoms with Crippen LogP contribution in [-0.2, 0) is 21.1 Å². The van der Waals surface area contributed by atoms with Crippen molar-refractivity contribution in [2.45, 2.75) is 0 Å². The Bertz CT molecular complexity index is 4450. The smallest absolute Gasteiger partial charge is 0.358 e. The van der Waals surface area contributed by atoms with E-state index in [0.717, 1.165) is 94.6 Å². The molecule has 0 N–H and O–H groups in total. The van der Waals surface area contributed by atoms with Gasteiger partial charge in [0.2, 0.25) is 11.6 Å². The first-order valence-electron chi connectivity index (χ1n) is 23.7. The molecule has 0 radical (unpaired) electrons. The average molecular weight is 1110 g/mol. The van der Waals surface area contributed by atoms with Crippen LogP contribution in [0, 0.1) is 12.1 Å². The van der Waals surface area contributed by atoms with Crippen LogP contribution in [0.1, 0.15) is 0 Å². The molecule has 336 valence electrons. The first-order chi connectivity index (χ1) is 34.7. The predicted molar refractivity (Wildman–Crippen MR) is 288 cm³/mol. The van der Waals surface area contributed by atoms with E-state index in [0.29, 0.717) is 0 Å². The Balaban J connectivity index is 0.00000470. The molecule has 0 unspecified atom stereocenters. The number of benzene rings is 10. The summed E-state index contributed by atoms with van der Waals surface area (Å²) in [5.41, 5.74) is 13.1. The maximum atomic E-state index is 5.25. The second kappa shape index (κ2) is 16.0. The van der Waals surface area contributed by atoms with E-state index in [1.165, 1.54) is 20.7 Å². The topological polar surface area (TPSA) is 49.4 Å². The van der Waals surface area contributed by atoms with Gasteiger partial charge in [-0.25, -0.2) is 9.97 Å².